The van der Waals surface area contributed by atoms with Crippen LogP contribution in [0.5, 0.6) is 0 Å². The van der Waals surface area contributed by atoms with Crippen LogP contribution in [0, 0.1) is 0 Å². The fourth-order valence-electron chi connectivity index (χ4n) is 3.82. The third-order valence-corrected chi connectivity index (χ3v) is 8.72. The van der Waals surface area contributed by atoms with Gasteiger partial charge in [-0.2, -0.15) is 0 Å². The van der Waals surface area contributed by atoms with Crippen LogP contribution < -0.4 is 4.90 Å². The normalized spacial score (nSPS) is 16.9. The number of aromatic nitrogens is 3. The van der Waals surface area contributed by atoms with E-state index in [2.05, 4.69) is 31.1 Å². The first-order valence-corrected chi connectivity index (χ1v) is 14.1. The molecule has 0 radical (unpaired) electrons. The lowest BCUT2D eigenvalue weighted by Gasteiger charge is -2.22. The molecule has 186 valence electrons. The topological polar surface area (TPSA) is 96.3 Å². The highest BCUT2D eigenvalue weighted by Crippen LogP contribution is 2.44. The standard InChI is InChI=1S/C25H15BrCl2N4O3S2/c26-16-3-1-2-14(10-16)20-19(21(33)13-6-8-29-9-7-13)22(34)23(35)32(20)24-30-31-25(37-24)36-12-15-4-5-17(27)11-18(15)28/h1-11,20,33H,12H2/b21-19+. The number of thioether (sulfide) groups is 1. The first kappa shape index (κ1) is 25.9. The van der Waals surface area contributed by atoms with Crippen LogP contribution >= 0.6 is 62.2 Å². The maximum atomic E-state index is 13.3. The zero-order valence-electron chi connectivity index (χ0n) is 18.6. The molecule has 1 fully saturated rings. The molecule has 4 aromatic rings. The van der Waals surface area contributed by atoms with E-state index in [-0.39, 0.29) is 16.5 Å². The second-order valence-electron chi connectivity index (χ2n) is 7.83. The number of amides is 1. The summed E-state index contributed by atoms with van der Waals surface area (Å²) in [7, 11) is 0. The molecule has 1 N–H and O–H groups in total. The number of anilines is 1. The van der Waals surface area contributed by atoms with E-state index in [9.17, 15) is 14.7 Å². The maximum absolute atomic E-state index is 13.3. The number of aliphatic hydroxyl groups is 1. The Morgan fingerprint density at radius 2 is 1.86 bits per heavy atom. The molecular weight excluding hydrogens is 619 g/mol. The molecular formula is C25H15BrCl2N4O3S2. The van der Waals surface area contributed by atoms with E-state index < -0.39 is 17.7 Å². The molecule has 12 heteroatoms. The molecule has 1 saturated heterocycles. The molecule has 3 heterocycles. The summed E-state index contributed by atoms with van der Waals surface area (Å²) in [6.45, 7) is 0. The van der Waals surface area contributed by atoms with Crippen molar-refractivity contribution in [3.8, 4) is 0 Å². The minimum absolute atomic E-state index is 0.0355. The van der Waals surface area contributed by atoms with Gasteiger partial charge in [-0.15, -0.1) is 10.2 Å². The molecule has 0 aliphatic carbocycles. The quantitative estimate of drug-likeness (QED) is 0.0809. The smallest absolute Gasteiger partial charge is 0.301 e. The van der Waals surface area contributed by atoms with Crippen molar-refractivity contribution < 1.29 is 14.7 Å². The van der Waals surface area contributed by atoms with Crippen molar-refractivity contribution >= 4 is 84.8 Å². The first-order chi connectivity index (χ1) is 17.8. The van der Waals surface area contributed by atoms with Crippen LogP contribution in [0.2, 0.25) is 10.0 Å². The summed E-state index contributed by atoms with van der Waals surface area (Å²) in [5, 5.41) is 20.9. The third kappa shape index (κ3) is 5.30. The Bertz CT molecular complexity index is 1550. The highest BCUT2D eigenvalue weighted by Gasteiger charge is 2.48. The molecule has 7 nitrogen and oxygen atoms in total. The molecule has 0 spiro atoms. The van der Waals surface area contributed by atoms with Crippen LogP contribution in [-0.4, -0.2) is 32.0 Å². The van der Waals surface area contributed by atoms with Crippen LogP contribution in [0.1, 0.15) is 22.7 Å². The Balaban J connectivity index is 1.53. The summed E-state index contributed by atoms with van der Waals surface area (Å²) >= 11 is 18.3. The molecule has 1 unspecified atom stereocenters. The van der Waals surface area contributed by atoms with Crippen molar-refractivity contribution in [1.82, 2.24) is 15.2 Å². The van der Waals surface area contributed by atoms with E-state index in [1.807, 2.05) is 12.1 Å². The van der Waals surface area contributed by atoms with Crippen molar-refractivity contribution in [2.45, 2.75) is 16.1 Å². The van der Waals surface area contributed by atoms with Crippen molar-refractivity contribution in [2.24, 2.45) is 0 Å². The number of carbonyl (C=O) groups is 2. The number of hydrogen-bond acceptors (Lipinski definition) is 8. The van der Waals surface area contributed by atoms with Gasteiger partial charge in [0.2, 0.25) is 5.13 Å². The van der Waals surface area contributed by atoms with Gasteiger partial charge in [-0.1, -0.05) is 80.4 Å². The van der Waals surface area contributed by atoms with Gasteiger partial charge in [0.15, 0.2) is 4.34 Å². The van der Waals surface area contributed by atoms with Gasteiger partial charge < -0.3 is 5.11 Å². The van der Waals surface area contributed by atoms with Crippen molar-refractivity contribution in [3.05, 3.63) is 104 Å². The van der Waals surface area contributed by atoms with Gasteiger partial charge in [-0.05, 0) is 47.5 Å². The third-order valence-electron chi connectivity index (χ3n) is 5.53. The lowest BCUT2D eigenvalue weighted by molar-refractivity contribution is -0.132. The van der Waals surface area contributed by atoms with Crippen LogP contribution in [0.15, 0.2) is 81.4 Å². The van der Waals surface area contributed by atoms with Crippen molar-refractivity contribution in [2.75, 3.05) is 4.90 Å². The first-order valence-electron chi connectivity index (χ1n) is 10.7. The number of nitrogens with zero attached hydrogens (tertiary/aromatic N) is 4. The predicted molar refractivity (Wildman–Crippen MR) is 149 cm³/mol. The monoisotopic (exact) mass is 632 g/mol. The molecule has 1 atom stereocenters. The van der Waals surface area contributed by atoms with Gasteiger partial charge in [0.25, 0.3) is 5.78 Å². The van der Waals surface area contributed by atoms with Crippen LogP contribution in [0.4, 0.5) is 5.13 Å². The number of benzene rings is 2. The van der Waals surface area contributed by atoms with E-state index in [4.69, 9.17) is 23.2 Å². The highest BCUT2D eigenvalue weighted by molar-refractivity contribution is 9.10. The Morgan fingerprint density at radius 3 is 2.59 bits per heavy atom. The van der Waals surface area contributed by atoms with E-state index >= 15 is 0 Å². The summed E-state index contributed by atoms with van der Waals surface area (Å²) in [6.07, 6.45) is 3.00. The summed E-state index contributed by atoms with van der Waals surface area (Å²) in [4.78, 5) is 31.8. The molecule has 37 heavy (non-hydrogen) atoms. The lowest BCUT2D eigenvalue weighted by Crippen LogP contribution is -2.29. The molecule has 5 rings (SSSR count). The van der Waals surface area contributed by atoms with Gasteiger partial charge in [-0.25, -0.2) is 0 Å². The summed E-state index contributed by atoms with van der Waals surface area (Å²) in [5.41, 5.74) is 1.84. The SMILES string of the molecule is O=C1C(=O)N(c2nnc(SCc3ccc(Cl)cc3Cl)s2)C(c2cccc(Br)c2)/C1=C(\O)c1ccncc1. The minimum Gasteiger partial charge on any atom is -0.507 e. The number of hydrogen-bond donors (Lipinski definition) is 1. The molecule has 2 aromatic heterocycles. The number of Topliss-reactive ketones (excluding diaryl/α,β-unsaturated/α-hetero) is 1. The number of halogens is 3. The number of carbonyl (C=O) groups excluding carboxylic acids is 2. The molecule has 1 amide bonds. The Hall–Kier alpha value is -2.76. The second-order valence-corrected chi connectivity index (χ2v) is 11.8. The van der Waals surface area contributed by atoms with Crippen molar-refractivity contribution in [1.29, 1.82) is 0 Å². The van der Waals surface area contributed by atoms with Crippen molar-refractivity contribution in [3.63, 3.8) is 0 Å². The zero-order valence-corrected chi connectivity index (χ0v) is 23.4. The van der Waals surface area contributed by atoms with Gasteiger partial charge in [0, 0.05) is 38.2 Å². The maximum Gasteiger partial charge on any atom is 0.301 e. The molecule has 1 aliphatic rings. The highest BCUT2D eigenvalue weighted by atomic mass is 79.9. The van der Waals surface area contributed by atoms with Gasteiger partial charge >= 0.3 is 5.91 Å². The largest absolute Gasteiger partial charge is 0.507 e. The van der Waals surface area contributed by atoms with Gasteiger partial charge in [-0.3, -0.25) is 19.5 Å². The fourth-order valence-corrected chi connectivity index (χ4v) is 6.67. The average Bonchev–Trinajstić information content (AvgIpc) is 3.46. The predicted octanol–water partition coefficient (Wildman–Crippen LogP) is 6.92. The van der Waals surface area contributed by atoms with Crippen LogP contribution in [0.3, 0.4) is 0 Å². The summed E-state index contributed by atoms with van der Waals surface area (Å²) < 4.78 is 1.35. The fraction of sp³-hybridized carbons (Fsp3) is 0.0800. The van der Waals surface area contributed by atoms with E-state index in [1.165, 1.54) is 40.4 Å². The summed E-state index contributed by atoms with van der Waals surface area (Å²) in [6, 6.07) is 14.7. The molecule has 0 saturated carbocycles. The van der Waals surface area contributed by atoms with E-state index in [0.29, 0.717) is 31.3 Å². The van der Waals surface area contributed by atoms with E-state index in [0.717, 1.165) is 10.0 Å². The number of rotatable bonds is 6. The van der Waals surface area contributed by atoms with Crippen LogP contribution in [-0.2, 0) is 15.3 Å². The zero-order chi connectivity index (χ0) is 26.1. The second kappa shape index (κ2) is 10.9. The Kier molecular flexibility index (Phi) is 7.64. The number of aliphatic hydroxyl groups excluding tert-OH is 1. The van der Waals surface area contributed by atoms with Crippen LogP contribution in [0.25, 0.3) is 5.76 Å². The molecule has 1 aliphatic heterocycles. The lowest BCUT2D eigenvalue weighted by atomic mass is 9.96. The Labute approximate surface area is 238 Å². The average molecular weight is 634 g/mol. The van der Waals surface area contributed by atoms with E-state index in [1.54, 1.807) is 42.5 Å². The number of ketones is 1. The molecule has 2 aromatic carbocycles. The van der Waals surface area contributed by atoms with Gasteiger partial charge in [0.05, 0.1) is 11.6 Å². The number of pyridine rings is 1. The summed E-state index contributed by atoms with van der Waals surface area (Å²) in [5.74, 6) is -1.38. The Morgan fingerprint density at radius 1 is 1.08 bits per heavy atom. The molecule has 0 bridgehead atoms. The minimum atomic E-state index is -0.901. The van der Waals surface area contributed by atoms with Gasteiger partial charge in [0.1, 0.15) is 5.76 Å².